The maximum atomic E-state index is 13.8. The lowest BCUT2D eigenvalue weighted by Crippen LogP contribution is -2.45. The van der Waals surface area contributed by atoms with Crippen molar-refractivity contribution in [2.75, 3.05) is 24.5 Å². The van der Waals surface area contributed by atoms with Crippen molar-refractivity contribution >= 4 is 28.8 Å². The van der Waals surface area contributed by atoms with Gasteiger partial charge in [0.1, 0.15) is 23.6 Å². The van der Waals surface area contributed by atoms with Crippen LogP contribution in [0.3, 0.4) is 0 Å². The average molecular weight is 592 g/mol. The van der Waals surface area contributed by atoms with E-state index in [4.69, 9.17) is 0 Å². The second-order valence-corrected chi connectivity index (χ2v) is 11.0. The number of halogens is 1. The van der Waals surface area contributed by atoms with Crippen LogP contribution in [0.1, 0.15) is 68.8 Å². The van der Waals surface area contributed by atoms with E-state index in [1.165, 1.54) is 15.5 Å². The fourth-order valence-electron chi connectivity index (χ4n) is 5.60. The standard InChI is InChI=1S/C29H34FN9O4/c1-3-12-36-28(42)24-26(39(29(36)43)19-9-10-19)33-25(32-24)20-15-22(38(4-2)34-20)37(17-23(40)35-13-6-5-7-14-35)27(41)18-8-11-21(30)31-16-18/h8,11,15-16,19H,3-7,9-10,12-14,17H2,1-2H3,(H,32,33). The first-order valence-electron chi connectivity index (χ1n) is 14.8. The summed E-state index contributed by atoms with van der Waals surface area (Å²) in [6.45, 7) is 5.40. The zero-order chi connectivity index (χ0) is 30.2. The number of nitrogens with one attached hydrogen (secondary N) is 1. The summed E-state index contributed by atoms with van der Waals surface area (Å²) in [5.74, 6) is -0.862. The Hall–Kier alpha value is -4.62. The van der Waals surface area contributed by atoms with Gasteiger partial charge in [0.25, 0.3) is 11.5 Å². The van der Waals surface area contributed by atoms with E-state index in [9.17, 15) is 23.6 Å². The minimum absolute atomic E-state index is 0.0168. The quantitative estimate of drug-likeness (QED) is 0.295. The van der Waals surface area contributed by atoms with Crippen LogP contribution in [0.2, 0.25) is 0 Å². The lowest BCUT2D eigenvalue weighted by molar-refractivity contribution is -0.130. The van der Waals surface area contributed by atoms with Gasteiger partial charge in [-0.3, -0.25) is 28.4 Å². The van der Waals surface area contributed by atoms with Crippen LogP contribution in [0.25, 0.3) is 22.7 Å². The monoisotopic (exact) mass is 591 g/mol. The topological polar surface area (TPSA) is 144 Å². The lowest BCUT2D eigenvalue weighted by atomic mass is 10.1. The summed E-state index contributed by atoms with van der Waals surface area (Å²) in [6, 6.07) is 4.04. The van der Waals surface area contributed by atoms with Crippen molar-refractivity contribution < 1.29 is 14.0 Å². The Balaban J connectivity index is 1.44. The molecule has 0 unspecified atom stereocenters. The van der Waals surface area contributed by atoms with Gasteiger partial charge in [0, 0.05) is 44.5 Å². The van der Waals surface area contributed by atoms with Crippen LogP contribution in [-0.2, 0) is 17.9 Å². The highest BCUT2D eigenvalue weighted by Gasteiger charge is 2.32. The normalized spacial score (nSPS) is 15.3. The van der Waals surface area contributed by atoms with Crippen molar-refractivity contribution in [3.05, 3.63) is 56.7 Å². The van der Waals surface area contributed by atoms with Crippen molar-refractivity contribution in [1.82, 2.24) is 38.8 Å². The van der Waals surface area contributed by atoms with Crippen molar-refractivity contribution in [3.8, 4) is 11.5 Å². The molecular formula is C29H34FN9O4. The Kier molecular flexibility index (Phi) is 7.67. The van der Waals surface area contributed by atoms with E-state index >= 15 is 0 Å². The van der Waals surface area contributed by atoms with Crippen LogP contribution in [0, 0.1) is 5.95 Å². The number of pyridine rings is 1. The molecule has 43 heavy (non-hydrogen) atoms. The highest BCUT2D eigenvalue weighted by Crippen LogP contribution is 2.35. The zero-order valence-corrected chi connectivity index (χ0v) is 24.3. The molecule has 1 aliphatic carbocycles. The molecule has 4 aromatic heterocycles. The van der Waals surface area contributed by atoms with Crippen molar-refractivity contribution in [3.63, 3.8) is 0 Å². The third-order valence-electron chi connectivity index (χ3n) is 7.97. The minimum Gasteiger partial charge on any atom is -0.341 e. The first kappa shape index (κ1) is 28.5. The predicted octanol–water partition coefficient (Wildman–Crippen LogP) is 2.71. The Labute approximate surface area is 246 Å². The molecule has 4 aromatic rings. The summed E-state index contributed by atoms with van der Waals surface area (Å²) in [4.78, 5) is 68.1. The number of likely N-dealkylation sites (tertiary alicyclic amines) is 1. The summed E-state index contributed by atoms with van der Waals surface area (Å²) in [6.07, 6.45) is 6.27. The number of aromatic amines is 1. The zero-order valence-electron chi connectivity index (χ0n) is 24.3. The van der Waals surface area contributed by atoms with Gasteiger partial charge in [-0.05, 0) is 57.6 Å². The Bertz CT molecular complexity index is 1790. The predicted molar refractivity (Wildman–Crippen MR) is 156 cm³/mol. The minimum atomic E-state index is -0.721. The average Bonchev–Trinajstić information content (AvgIpc) is 3.60. The lowest BCUT2D eigenvalue weighted by Gasteiger charge is -2.30. The largest absolute Gasteiger partial charge is 0.341 e. The van der Waals surface area contributed by atoms with Crippen molar-refractivity contribution in [2.24, 2.45) is 0 Å². The molecule has 2 fully saturated rings. The number of carbonyl (C=O) groups excluding carboxylic acids is 2. The molecule has 0 bridgehead atoms. The molecule has 1 saturated heterocycles. The highest BCUT2D eigenvalue weighted by molar-refractivity contribution is 6.08. The number of rotatable bonds is 9. The number of piperidine rings is 1. The van der Waals surface area contributed by atoms with Crippen LogP contribution in [-0.4, -0.2) is 70.2 Å². The molecule has 226 valence electrons. The summed E-state index contributed by atoms with van der Waals surface area (Å²) in [7, 11) is 0. The number of aryl methyl sites for hydroxylation is 1. The van der Waals surface area contributed by atoms with E-state index < -0.39 is 17.4 Å². The van der Waals surface area contributed by atoms with Gasteiger partial charge in [-0.15, -0.1) is 0 Å². The molecule has 1 saturated carbocycles. The maximum absolute atomic E-state index is 13.8. The molecule has 0 aromatic carbocycles. The first-order chi connectivity index (χ1) is 20.8. The summed E-state index contributed by atoms with van der Waals surface area (Å²) < 4.78 is 18.0. The van der Waals surface area contributed by atoms with E-state index in [-0.39, 0.29) is 46.7 Å². The number of nitrogens with zero attached hydrogens (tertiary/aromatic N) is 8. The Morgan fingerprint density at radius 1 is 1.12 bits per heavy atom. The Morgan fingerprint density at radius 3 is 2.53 bits per heavy atom. The van der Waals surface area contributed by atoms with E-state index in [0.717, 1.165) is 44.4 Å². The SMILES string of the molecule is CCCn1c(=O)c2[nH]c(-c3cc(N(CC(=O)N4CCCCC4)C(=O)c4ccc(F)nc4)n(CC)n3)nc2n(C2CC2)c1=O. The van der Waals surface area contributed by atoms with E-state index in [1.54, 1.807) is 20.2 Å². The molecule has 1 N–H and O–H groups in total. The number of hydrogen-bond acceptors (Lipinski definition) is 7. The number of amides is 2. The molecule has 2 amide bonds. The third kappa shape index (κ3) is 5.37. The van der Waals surface area contributed by atoms with E-state index in [0.29, 0.717) is 44.1 Å². The Morgan fingerprint density at radius 2 is 1.88 bits per heavy atom. The fraction of sp³-hybridized carbons (Fsp3) is 0.483. The number of imidazole rings is 1. The number of hydrogen-bond donors (Lipinski definition) is 1. The fourth-order valence-corrected chi connectivity index (χ4v) is 5.60. The number of aromatic nitrogens is 7. The second-order valence-electron chi connectivity index (χ2n) is 11.0. The summed E-state index contributed by atoms with van der Waals surface area (Å²) >= 11 is 0. The van der Waals surface area contributed by atoms with Crippen LogP contribution in [0.4, 0.5) is 10.2 Å². The first-order valence-corrected chi connectivity index (χ1v) is 14.8. The number of anilines is 1. The van der Waals surface area contributed by atoms with Crippen molar-refractivity contribution in [2.45, 2.75) is 71.5 Å². The third-order valence-corrected chi connectivity index (χ3v) is 7.97. The summed E-state index contributed by atoms with van der Waals surface area (Å²) in [5.41, 5.74) is 0.129. The van der Waals surface area contributed by atoms with E-state index in [1.807, 2.05) is 13.8 Å². The van der Waals surface area contributed by atoms with Crippen LogP contribution < -0.4 is 16.1 Å². The van der Waals surface area contributed by atoms with Gasteiger partial charge >= 0.3 is 5.69 Å². The van der Waals surface area contributed by atoms with Gasteiger partial charge in [-0.2, -0.15) is 9.49 Å². The van der Waals surface area contributed by atoms with Crippen molar-refractivity contribution in [1.29, 1.82) is 0 Å². The van der Waals surface area contributed by atoms with Gasteiger partial charge in [0.15, 0.2) is 11.5 Å². The van der Waals surface area contributed by atoms with Gasteiger partial charge in [-0.25, -0.2) is 19.4 Å². The molecule has 0 atom stereocenters. The second kappa shape index (κ2) is 11.6. The van der Waals surface area contributed by atoms with Gasteiger partial charge < -0.3 is 9.88 Å². The molecule has 6 rings (SSSR count). The number of H-pyrrole nitrogens is 1. The number of carbonyl (C=O) groups is 2. The molecule has 2 aliphatic rings. The van der Waals surface area contributed by atoms with Gasteiger partial charge in [-0.1, -0.05) is 6.92 Å². The maximum Gasteiger partial charge on any atom is 0.332 e. The molecule has 5 heterocycles. The highest BCUT2D eigenvalue weighted by atomic mass is 19.1. The van der Waals surface area contributed by atoms with Gasteiger partial charge in [0.05, 0.1) is 5.56 Å². The number of fused-ring (bicyclic) bond motifs is 1. The van der Waals surface area contributed by atoms with Crippen LogP contribution in [0.5, 0.6) is 0 Å². The smallest absolute Gasteiger partial charge is 0.332 e. The molecular weight excluding hydrogens is 557 g/mol. The molecule has 14 heteroatoms. The molecule has 13 nitrogen and oxygen atoms in total. The molecule has 0 spiro atoms. The molecule has 1 aliphatic heterocycles. The molecule has 0 radical (unpaired) electrons. The van der Waals surface area contributed by atoms with Crippen LogP contribution >= 0.6 is 0 Å². The van der Waals surface area contributed by atoms with Gasteiger partial charge in [0.2, 0.25) is 11.9 Å². The van der Waals surface area contributed by atoms with E-state index in [2.05, 4.69) is 20.1 Å². The van der Waals surface area contributed by atoms with Crippen LogP contribution in [0.15, 0.2) is 34.0 Å². The summed E-state index contributed by atoms with van der Waals surface area (Å²) in [5, 5.41) is 4.66.